The van der Waals surface area contributed by atoms with Crippen molar-refractivity contribution < 1.29 is 9.53 Å². The number of rotatable bonds is 10. The lowest BCUT2D eigenvalue weighted by Gasteiger charge is -2.12. The van der Waals surface area contributed by atoms with E-state index < -0.39 is 0 Å². The van der Waals surface area contributed by atoms with E-state index in [0.717, 1.165) is 31.9 Å². The number of anilines is 1. The van der Waals surface area contributed by atoms with Gasteiger partial charge in [0.25, 0.3) is 0 Å². The van der Waals surface area contributed by atoms with Gasteiger partial charge in [0.15, 0.2) is 5.96 Å². The highest BCUT2D eigenvalue weighted by Gasteiger charge is 2.04. The Morgan fingerprint density at radius 3 is 2.65 bits per heavy atom. The fraction of sp³-hybridized carbons (Fsp3) is 0.611. The normalized spacial score (nSPS) is 11.0. The van der Waals surface area contributed by atoms with Crippen LogP contribution in [0, 0.1) is 12.8 Å². The summed E-state index contributed by atoms with van der Waals surface area (Å²) < 4.78 is 5.53. The van der Waals surface area contributed by atoms with Crippen molar-refractivity contribution in [1.29, 1.82) is 0 Å². The van der Waals surface area contributed by atoms with E-state index in [0.29, 0.717) is 30.7 Å². The minimum absolute atomic E-state index is 0. The molecular weight excluding hydrogens is 445 g/mol. The van der Waals surface area contributed by atoms with Crippen LogP contribution < -0.4 is 16.0 Å². The summed E-state index contributed by atoms with van der Waals surface area (Å²) in [6.45, 7) is 8.95. The van der Waals surface area contributed by atoms with Crippen LogP contribution in [0.3, 0.4) is 0 Å². The number of nitrogens with zero attached hydrogens (tertiary/aromatic N) is 2. The molecule has 0 aliphatic heterocycles. The number of guanidine groups is 1. The SMILES string of the molecule is CN=C(NCCCOCC(C)C)NCCC(=O)Nc1cccc(C)n1.I. The number of ether oxygens (including phenoxy) is 1. The zero-order valence-corrected chi connectivity index (χ0v) is 18.5. The maximum atomic E-state index is 11.9. The molecule has 0 aliphatic rings. The van der Waals surface area contributed by atoms with Gasteiger partial charge in [0.2, 0.25) is 5.91 Å². The molecule has 0 bridgehead atoms. The van der Waals surface area contributed by atoms with Crippen LogP contribution in [0.25, 0.3) is 0 Å². The molecule has 26 heavy (non-hydrogen) atoms. The van der Waals surface area contributed by atoms with E-state index in [9.17, 15) is 4.79 Å². The Morgan fingerprint density at radius 1 is 1.27 bits per heavy atom. The van der Waals surface area contributed by atoms with Crippen molar-refractivity contribution in [2.75, 3.05) is 38.7 Å². The van der Waals surface area contributed by atoms with E-state index in [4.69, 9.17) is 4.74 Å². The number of halogens is 1. The average molecular weight is 477 g/mol. The molecule has 7 nitrogen and oxygen atoms in total. The molecule has 0 saturated carbocycles. The Labute approximate surface area is 173 Å². The highest BCUT2D eigenvalue weighted by atomic mass is 127. The molecule has 0 atom stereocenters. The molecule has 1 rings (SSSR count). The first kappa shape index (κ1) is 24.6. The van der Waals surface area contributed by atoms with Crippen LogP contribution in [0.1, 0.15) is 32.4 Å². The number of aryl methyl sites for hydroxylation is 1. The van der Waals surface area contributed by atoms with Gasteiger partial charge >= 0.3 is 0 Å². The molecule has 8 heteroatoms. The summed E-state index contributed by atoms with van der Waals surface area (Å²) in [4.78, 5) is 20.3. The molecule has 0 radical (unpaired) electrons. The Morgan fingerprint density at radius 2 is 2.00 bits per heavy atom. The molecule has 0 aliphatic carbocycles. The number of carbonyl (C=O) groups excluding carboxylic acids is 1. The number of carbonyl (C=O) groups is 1. The summed E-state index contributed by atoms with van der Waals surface area (Å²) in [5, 5.41) is 9.11. The molecule has 0 aromatic carbocycles. The summed E-state index contributed by atoms with van der Waals surface area (Å²) >= 11 is 0. The minimum Gasteiger partial charge on any atom is -0.381 e. The first-order valence-electron chi connectivity index (χ1n) is 8.77. The Bertz CT molecular complexity index is 552. The Hall–Kier alpha value is -1.42. The second-order valence-corrected chi connectivity index (χ2v) is 6.21. The number of amides is 1. The van der Waals surface area contributed by atoms with Crippen molar-refractivity contribution >= 4 is 41.7 Å². The quantitative estimate of drug-likeness (QED) is 0.209. The molecule has 148 valence electrons. The van der Waals surface area contributed by atoms with Gasteiger partial charge in [0.1, 0.15) is 5.82 Å². The smallest absolute Gasteiger partial charge is 0.227 e. The maximum Gasteiger partial charge on any atom is 0.227 e. The largest absolute Gasteiger partial charge is 0.381 e. The van der Waals surface area contributed by atoms with E-state index in [2.05, 4.69) is 39.8 Å². The number of hydrogen-bond acceptors (Lipinski definition) is 4. The topological polar surface area (TPSA) is 87.6 Å². The molecule has 1 aromatic heterocycles. The van der Waals surface area contributed by atoms with Crippen LogP contribution in [0.2, 0.25) is 0 Å². The Kier molecular flexibility index (Phi) is 13.9. The highest BCUT2D eigenvalue weighted by molar-refractivity contribution is 14.0. The van der Waals surface area contributed by atoms with Gasteiger partial charge in [-0.25, -0.2) is 4.98 Å². The van der Waals surface area contributed by atoms with Gasteiger partial charge in [0, 0.05) is 45.5 Å². The van der Waals surface area contributed by atoms with Crippen LogP contribution in [0.4, 0.5) is 5.82 Å². The zero-order valence-electron chi connectivity index (χ0n) is 16.2. The summed E-state index contributed by atoms with van der Waals surface area (Å²) in [7, 11) is 1.71. The molecule has 1 heterocycles. The van der Waals surface area contributed by atoms with Crippen molar-refractivity contribution in [3.8, 4) is 0 Å². The predicted molar refractivity (Wildman–Crippen MR) is 117 cm³/mol. The minimum atomic E-state index is -0.0804. The molecule has 0 spiro atoms. The number of hydrogen-bond donors (Lipinski definition) is 3. The zero-order chi connectivity index (χ0) is 18.5. The van der Waals surface area contributed by atoms with Crippen LogP contribution in [-0.2, 0) is 9.53 Å². The van der Waals surface area contributed by atoms with Gasteiger partial charge in [-0.15, -0.1) is 24.0 Å². The number of aliphatic imine (C=N–C) groups is 1. The summed E-state index contributed by atoms with van der Waals surface area (Å²) in [6, 6.07) is 5.54. The van der Waals surface area contributed by atoms with Crippen molar-refractivity contribution in [3.05, 3.63) is 23.9 Å². The standard InChI is InChI=1S/C18H31N5O2.HI/c1-14(2)13-25-12-6-10-20-18(19-4)21-11-9-17(24)23-16-8-5-7-15(3)22-16;/h5,7-8,14H,6,9-13H2,1-4H3,(H2,19,20,21)(H,22,23,24);1H. The van der Waals surface area contributed by atoms with Gasteiger partial charge in [0.05, 0.1) is 0 Å². The number of pyridine rings is 1. The van der Waals surface area contributed by atoms with Gasteiger partial charge in [-0.1, -0.05) is 19.9 Å². The van der Waals surface area contributed by atoms with Gasteiger partial charge in [-0.3, -0.25) is 9.79 Å². The molecule has 1 amide bonds. The van der Waals surface area contributed by atoms with Gasteiger partial charge in [-0.05, 0) is 31.4 Å². The maximum absolute atomic E-state index is 11.9. The first-order valence-corrected chi connectivity index (χ1v) is 8.77. The van der Waals surface area contributed by atoms with E-state index in [1.165, 1.54) is 0 Å². The molecule has 0 unspecified atom stereocenters. The van der Waals surface area contributed by atoms with Crippen molar-refractivity contribution in [2.45, 2.75) is 33.6 Å². The lowest BCUT2D eigenvalue weighted by Crippen LogP contribution is -2.39. The third-order valence-corrected chi connectivity index (χ3v) is 3.23. The van der Waals surface area contributed by atoms with Crippen LogP contribution >= 0.6 is 24.0 Å². The number of aromatic nitrogens is 1. The van der Waals surface area contributed by atoms with E-state index >= 15 is 0 Å². The van der Waals surface area contributed by atoms with Crippen molar-refractivity contribution in [3.63, 3.8) is 0 Å². The Balaban J connectivity index is 0.00000625. The van der Waals surface area contributed by atoms with Crippen LogP contribution in [0.5, 0.6) is 0 Å². The predicted octanol–water partition coefficient (Wildman–Crippen LogP) is 2.56. The van der Waals surface area contributed by atoms with Crippen LogP contribution in [-0.4, -0.2) is 50.2 Å². The molecule has 3 N–H and O–H groups in total. The summed E-state index contributed by atoms with van der Waals surface area (Å²) in [5.41, 5.74) is 0.873. The molecule has 0 saturated heterocycles. The third-order valence-electron chi connectivity index (χ3n) is 3.23. The monoisotopic (exact) mass is 477 g/mol. The van der Waals surface area contributed by atoms with E-state index in [1.54, 1.807) is 13.1 Å². The lowest BCUT2D eigenvalue weighted by atomic mass is 10.2. The van der Waals surface area contributed by atoms with Gasteiger partial charge in [-0.2, -0.15) is 0 Å². The van der Waals surface area contributed by atoms with E-state index in [-0.39, 0.29) is 29.9 Å². The second-order valence-electron chi connectivity index (χ2n) is 6.21. The first-order chi connectivity index (χ1) is 12.0. The fourth-order valence-electron chi connectivity index (χ4n) is 2.03. The number of nitrogens with one attached hydrogen (secondary N) is 3. The average Bonchev–Trinajstić information content (AvgIpc) is 2.56. The van der Waals surface area contributed by atoms with Crippen molar-refractivity contribution in [2.24, 2.45) is 10.9 Å². The molecule has 0 fully saturated rings. The van der Waals surface area contributed by atoms with Gasteiger partial charge < -0.3 is 20.7 Å². The van der Waals surface area contributed by atoms with Crippen molar-refractivity contribution in [1.82, 2.24) is 15.6 Å². The molecular formula is C18H32IN5O2. The summed E-state index contributed by atoms with van der Waals surface area (Å²) in [5.74, 6) is 1.74. The van der Waals surface area contributed by atoms with Crippen LogP contribution in [0.15, 0.2) is 23.2 Å². The fourth-order valence-corrected chi connectivity index (χ4v) is 2.03. The highest BCUT2D eigenvalue weighted by Crippen LogP contribution is 2.03. The van der Waals surface area contributed by atoms with E-state index in [1.807, 2.05) is 19.1 Å². The molecule has 1 aromatic rings. The summed E-state index contributed by atoms with van der Waals surface area (Å²) in [6.07, 6.45) is 1.25. The second kappa shape index (κ2) is 14.7. The third kappa shape index (κ3) is 12.0. The lowest BCUT2D eigenvalue weighted by molar-refractivity contribution is -0.116.